The van der Waals surface area contributed by atoms with Crippen LogP contribution in [0.25, 0.3) is 0 Å². The Balaban J connectivity index is 2.24. The van der Waals surface area contributed by atoms with E-state index in [0.717, 1.165) is 6.07 Å². The van der Waals surface area contributed by atoms with E-state index in [9.17, 15) is 9.18 Å². The molecule has 8 heteroatoms. The van der Waals surface area contributed by atoms with Crippen LogP contribution in [0, 0.1) is 5.82 Å². The van der Waals surface area contributed by atoms with E-state index in [1.54, 1.807) is 0 Å². The van der Waals surface area contributed by atoms with E-state index in [1.807, 2.05) is 0 Å². The number of halogens is 3. The number of anilines is 1. The van der Waals surface area contributed by atoms with Gasteiger partial charge in [-0.25, -0.2) is 19.2 Å². The quantitative estimate of drug-likeness (QED) is 0.874. The molecule has 5 nitrogen and oxygen atoms in total. The van der Waals surface area contributed by atoms with Crippen molar-refractivity contribution in [3.63, 3.8) is 0 Å². The molecule has 0 spiro atoms. The van der Waals surface area contributed by atoms with Crippen LogP contribution in [0.2, 0.25) is 5.02 Å². The first-order chi connectivity index (χ1) is 9.49. The molecule has 0 amide bonds. The molecule has 1 aromatic heterocycles. The summed E-state index contributed by atoms with van der Waals surface area (Å²) in [4.78, 5) is 18.6. The van der Waals surface area contributed by atoms with Crippen LogP contribution < -0.4 is 5.32 Å². The lowest BCUT2D eigenvalue weighted by Gasteiger charge is -2.11. The Kier molecular flexibility index (Phi) is 4.51. The van der Waals surface area contributed by atoms with Gasteiger partial charge in [-0.15, -0.1) is 0 Å². The molecular weight excluding hydrogens is 353 g/mol. The number of carboxylic acid groups (broad SMARTS) is 1. The third-order valence-corrected chi connectivity index (χ3v) is 3.39. The molecule has 0 aliphatic heterocycles. The molecule has 0 unspecified atom stereocenters. The summed E-state index contributed by atoms with van der Waals surface area (Å²) in [6, 6.07) is 2.42. The van der Waals surface area contributed by atoms with Crippen molar-refractivity contribution in [3.8, 4) is 0 Å². The van der Waals surface area contributed by atoms with Crippen molar-refractivity contribution in [3.05, 3.63) is 51.2 Å². The summed E-state index contributed by atoms with van der Waals surface area (Å²) < 4.78 is 13.5. The molecule has 0 saturated heterocycles. The standard InChI is InChI=1S/C12H8BrClFN3O2/c13-8-1-6(15)2-9(14)11(8)17-4-10-7(12(19)20)3-16-5-18-10/h1-3,5,17H,4H2,(H,19,20). The second-order valence-corrected chi connectivity index (χ2v) is 5.05. The first kappa shape index (κ1) is 14.7. The molecular formula is C12H8BrClFN3O2. The molecule has 0 radical (unpaired) electrons. The van der Waals surface area contributed by atoms with Crippen LogP contribution >= 0.6 is 27.5 Å². The zero-order chi connectivity index (χ0) is 14.7. The Bertz CT molecular complexity index is 646. The molecule has 2 aromatic rings. The van der Waals surface area contributed by atoms with Gasteiger partial charge < -0.3 is 10.4 Å². The number of carboxylic acids is 1. The van der Waals surface area contributed by atoms with Gasteiger partial charge in [-0.2, -0.15) is 0 Å². The highest BCUT2D eigenvalue weighted by molar-refractivity contribution is 9.10. The van der Waals surface area contributed by atoms with Crippen LogP contribution in [-0.4, -0.2) is 21.0 Å². The van der Waals surface area contributed by atoms with Gasteiger partial charge in [0.2, 0.25) is 0 Å². The van der Waals surface area contributed by atoms with Crippen molar-refractivity contribution in [2.45, 2.75) is 6.54 Å². The molecule has 1 heterocycles. The highest BCUT2D eigenvalue weighted by atomic mass is 79.9. The van der Waals surface area contributed by atoms with Gasteiger partial charge in [0.25, 0.3) is 0 Å². The number of nitrogens with one attached hydrogen (secondary N) is 1. The first-order valence-corrected chi connectivity index (χ1v) is 6.56. The van der Waals surface area contributed by atoms with Crippen LogP contribution in [0.5, 0.6) is 0 Å². The van der Waals surface area contributed by atoms with Gasteiger partial charge in [0, 0.05) is 10.7 Å². The number of hydrogen-bond acceptors (Lipinski definition) is 4. The first-order valence-electron chi connectivity index (χ1n) is 5.39. The van der Waals surface area contributed by atoms with Crippen molar-refractivity contribution in [1.29, 1.82) is 0 Å². The topological polar surface area (TPSA) is 75.1 Å². The Labute approximate surface area is 126 Å². The lowest BCUT2D eigenvalue weighted by molar-refractivity contribution is 0.0694. The van der Waals surface area contributed by atoms with Crippen molar-refractivity contribution in [2.24, 2.45) is 0 Å². The molecule has 0 bridgehead atoms. The molecule has 0 atom stereocenters. The zero-order valence-corrected chi connectivity index (χ0v) is 12.2. The zero-order valence-electron chi connectivity index (χ0n) is 9.90. The molecule has 2 N–H and O–H groups in total. The molecule has 20 heavy (non-hydrogen) atoms. The fraction of sp³-hybridized carbons (Fsp3) is 0.0833. The van der Waals surface area contributed by atoms with E-state index in [2.05, 4.69) is 31.2 Å². The van der Waals surface area contributed by atoms with Gasteiger partial charge in [-0.3, -0.25) is 0 Å². The van der Waals surface area contributed by atoms with E-state index < -0.39 is 11.8 Å². The highest BCUT2D eigenvalue weighted by Crippen LogP contribution is 2.32. The van der Waals surface area contributed by atoms with Crippen molar-refractivity contribution in [2.75, 3.05) is 5.32 Å². The minimum Gasteiger partial charge on any atom is -0.478 e. The SMILES string of the molecule is O=C(O)c1cncnc1CNc1c(Cl)cc(F)cc1Br. The number of hydrogen-bond donors (Lipinski definition) is 2. The van der Waals surface area contributed by atoms with Crippen LogP contribution in [0.3, 0.4) is 0 Å². The van der Waals surface area contributed by atoms with E-state index in [-0.39, 0.29) is 17.1 Å². The summed E-state index contributed by atoms with van der Waals surface area (Å²) in [5.41, 5.74) is 0.761. The van der Waals surface area contributed by atoms with Gasteiger partial charge in [0.15, 0.2) is 0 Å². The average molecular weight is 361 g/mol. The van der Waals surface area contributed by atoms with Crippen molar-refractivity contribution in [1.82, 2.24) is 9.97 Å². The van der Waals surface area contributed by atoms with E-state index in [0.29, 0.717) is 15.9 Å². The van der Waals surface area contributed by atoms with E-state index in [1.165, 1.54) is 18.6 Å². The molecule has 0 aliphatic rings. The fourth-order valence-corrected chi connectivity index (χ4v) is 2.52. The van der Waals surface area contributed by atoms with E-state index >= 15 is 0 Å². The third-order valence-electron chi connectivity index (χ3n) is 2.46. The van der Waals surface area contributed by atoms with Crippen LogP contribution in [0.1, 0.15) is 16.1 Å². The molecule has 1 aromatic carbocycles. The Morgan fingerprint density at radius 3 is 2.90 bits per heavy atom. The predicted octanol–water partition coefficient (Wildman–Crippen LogP) is 3.34. The Morgan fingerprint density at radius 1 is 1.50 bits per heavy atom. The van der Waals surface area contributed by atoms with Gasteiger partial charge in [0.1, 0.15) is 17.7 Å². The molecule has 0 aliphatic carbocycles. The second-order valence-electron chi connectivity index (χ2n) is 3.79. The second kappa shape index (κ2) is 6.15. The summed E-state index contributed by atoms with van der Waals surface area (Å²) in [6.45, 7) is 0.119. The lowest BCUT2D eigenvalue weighted by atomic mass is 10.2. The summed E-state index contributed by atoms with van der Waals surface area (Å²) in [5, 5.41) is 12.1. The van der Waals surface area contributed by atoms with Crippen molar-refractivity contribution < 1.29 is 14.3 Å². The summed E-state index contributed by atoms with van der Waals surface area (Å²) >= 11 is 9.10. The summed E-state index contributed by atoms with van der Waals surface area (Å²) in [7, 11) is 0. The van der Waals surface area contributed by atoms with Gasteiger partial charge in [0.05, 0.1) is 22.9 Å². The smallest absolute Gasteiger partial charge is 0.339 e. The molecule has 2 rings (SSSR count). The average Bonchev–Trinajstić information content (AvgIpc) is 2.37. The molecule has 0 saturated carbocycles. The monoisotopic (exact) mass is 359 g/mol. The highest BCUT2D eigenvalue weighted by Gasteiger charge is 2.13. The van der Waals surface area contributed by atoms with Gasteiger partial charge >= 0.3 is 5.97 Å². The number of aromatic carboxylic acids is 1. The van der Waals surface area contributed by atoms with Crippen LogP contribution in [0.4, 0.5) is 10.1 Å². The summed E-state index contributed by atoms with van der Waals surface area (Å²) in [5.74, 6) is -1.59. The normalized spacial score (nSPS) is 10.3. The van der Waals surface area contributed by atoms with Gasteiger partial charge in [-0.05, 0) is 28.1 Å². The third kappa shape index (κ3) is 3.23. The number of rotatable bonds is 4. The number of benzene rings is 1. The van der Waals surface area contributed by atoms with Gasteiger partial charge in [-0.1, -0.05) is 11.6 Å². The maximum atomic E-state index is 13.1. The largest absolute Gasteiger partial charge is 0.478 e. The number of carbonyl (C=O) groups is 1. The molecule has 0 fully saturated rings. The predicted molar refractivity (Wildman–Crippen MR) is 75.4 cm³/mol. The Morgan fingerprint density at radius 2 is 2.25 bits per heavy atom. The maximum Gasteiger partial charge on any atom is 0.339 e. The van der Waals surface area contributed by atoms with Crippen molar-refractivity contribution >= 4 is 39.2 Å². The fourth-order valence-electron chi connectivity index (χ4n) is 1.56. The van der Waals surface area contributed by atoms with Crippen LogP contribution in [-0.2, 0) is 6.54 Å². The minimum absolute atomic E-state index is 0.00523. The van der Waals surface area contributed by atoms with Crippen LogP contribution in [0.15, 0.2) is 29.1 Å². The summed E-state index contributed by atoms with van der Waals surface area (Å²) in [6.07, 6.45) is 2.47. The minimum atomic E-state index is -1.12. The maximum absolute atomic E-state index is 13.1. The van der Waals surface area contributed by atoms with E-state index in [4.69, 9.17) is 16.7 Å². The Hall–Kier alpha value is -1.73. The molecule has 104 valence electrons. The number of aromatic nitrogens is 2. The lowest BCUT2D eigenvalue weighted by Crippen LogP contribution is -2.10. The number of nitrogens with zero attached hydrogens (tertiary/aromatic N) is 2.